The summed E-state index contributed by atoms with van der Waals surface area (Å²) in [6.45, 7) is 1.86. The number of hydrogen-bond acceptors (Lipinski definition) is 5. The van der Waals surface area contributed by atoms with Gasteiger partial charge >= 0.3 is 0 Å². The number of sulfonamides is 1. The highest BCUT2D eigenvalue weighted by Crippen LogP contribution is 2.30. The highest BCUT2D eigenvalue weighted by molar-refractivity contribution is 7.92. The number of carbonyl (C=O) groups excluding carboxylic acids is 2. The van der Waals surface area contributed by atoms with Gasteiger partial charge in [-0.25, -0.2) is 12.8 Å². The van der Waals surface area contributed by atoms with Crippen LogP contribution in [-0.2, 0) is 32.6 Å². The molecule has 8 nitrogen and oxygen atoms in total. The normalized spacial score (nSPS) is 11.9. The van der Waals surface area contributed by atoms with E-state index in [4.69, 9.17) is 4.74 Å². The van der Waals surface area contributed by atoms with Crippen molar-refractivity contribution in [3.63, 3.8) is 0 Å². The molecule has 40 heavy (non-hydrogen) atoms. The third kappa shape index (κ3) is 8.54. The van der Waals surface area contributed by atoms with Crippen molar-refractivity contribution in [2.75, 3.05) is 30.8 Å². The summed E-state index contributed by atoms with van der Waals surface area (Å²) in [5.41, 5.74) is 1.63. The number of amides is 2. The van der Waals surface area contributed by atoms with E-state index in [-0.39, 0.29) is 30.3 Å². The molecule has 0 saturated heterocycles. The second-order valence-corrected chi connectivity index (χ2v) is 11.3. The number of para-hydroxylation sites is 2. The lowest BCUT2D eigenvalue weighted by atomic mass is 10.0. The molecule has 0 aromatic heterocycles. The first-order valence-electron chi connectivity index (χ1n) is 13.1. The van der Waals surface area contributed by atoms with Crippen molar-refractivity contribution in [2.45, 2.75) is 38.8 Å². The van der Waals surface area contributed by atoms with Gasteiger partial charge in [0, 0.05) is 19.5 Å². The second kappa shape index (κ2) is 14.5. The van der Waals surface area contributed by atoms with Crippen LogP contribution in [0.25, 0.3) is 0 Å². The number of hydrogen-bond donors (Lipinski definition) is 1. The summed E-state index contributed by atoms with van der Waals surface area (Å²) in [6, 6.07) is 20.5. The van der Waals surface area contributed by atoms with Crippen molar-refractivity contribution in [2.24, 2.45) is 0 Å². The van der Waals surface area contributed by atoms with Gasteiger partial charge in [0.25, 0.3) is 0 Å². The minimum absolute atomic E-state index is 0.0265. The van der Waals surface area contributed by atoms with Gasteiger partial charge in [0.2, 0.25) is 21.8 Å². The summed E-state index contributed by atoms with van der Waals surface area (Å²) in [5, 5.41) is 2.92. The van der Waals surface area contributed by atoms with Gasteiger partial charge in [0.15, 0.2) is 0 Å². The Morgan fingerprint density at radius 1 is 0.950 bits per heavy atom. The number of carbonyl (C=O) groups is 2. The van der Waals surface area contributed by atoms with E-state index in [1.54, 1.807) is 36.4 Å². The predicted molar refractivity (Wildman–Crippen MR) is 154 cm³/mol. The number of benzene rings is 3. The molecule has 1 N–H and O–H groups in total. The van der Waals surface area contributed by atoms with Gasteiger partial charge in [-0.15, -0.1) is 0 Å². The summed E-state index contributed by atoms with van der Waals surface area (Å²) in [4.78, 5) is 29.0. The van der Waals surface area contributed by atoms with Crippen LogP contribution in [0, 0.1) is 5.82 Å². The molecule has 10 heteroatoms. The van der Waals surface area contributed by atoms with E-state index in [2.05, 4.69) is 5.32 Å². The van der Waals surface area contributed by atoms with Gasteiger partial charge in [-0.05, 0) is 41.8 Å². The Balaban J connectivity index is 2.05. The zero-order valence-corrected chi connectivity index (χ0v) is 23.9. The molecule has 0 unspecified atom stereocenters. The molecule has 3 rings (SSSR count). The second-order valence-electron chi connectivity index (χ2n) is 9.44. The molecule has 3 aromatic carbocycles. The van der Waals surface area contributed by atoms with Crippen LogP contribution < -0.4 is 14.4 Å². The van der Waals surface area contributed by atoms with Crippen molar-refractivity contribution >= 4 is 27.5 Å². The van der Waals surface area contributed by atoms with Gasteiger partial charge in [0.05, 0.1) is 19.1 Å². The average Bonchev–Trinajstić information content (AvgIpc) is 2.94. The number of ether oxygens (including phenoxy) is 1. The van der Waals surface area contributed by atoms with Crippen molar-refractivity contribution in [1.29, 1.82) is 0 Å². The quantitative estimate of drug-likeness (QED) is 0.294. The Labute approximate surface area is 235 Å². The fourth-order valence-corrected chi connectivity index (χ4v) is 5.13. The summed E-state index contributed by atoms with van der Waals surface area (Å²) in [5.74, 6) is -1.09. The van der Waals surface area contributed by atoms with Crippen LogP contribution in [0.5, 0.6) is 5.75 Å². The topological polar surface area (TPSA) is 96.0 Å². The van der Waals surface area contributed by atoms with Crippen LogP contribution in [0.4, 0.5) is 10.1 Å². The number of nitrogens with one attached hydrogen (secondary N) is 1. The molecule has 0 fully saturated rings. The molecule has 0 aliphatic carbocycles. The standard InChI is InChI=1S/C30H36FN3O5S/c1-4-5-19-32-30(36)27(20-23-11-7-6-8-12-23)33(21-24-15-17-25(31)18-16-24)29(35)22-34(40(3,37)38)26-13-9-10-14-28(26)39-2/h6-18,27H,4-5,19-22H2,1-3H3,(H,32,36)/t27-/m1/s1. The monoisotopic (exact) mass is 569 g/mol. The lowest BCUT2D eigenvalue weighted by Gasteiger charge is -2.33. The molecule has 0 heterocycles. The molecule has 0 radical (unpaired) electrons. The number of unbranched alkanes of at least 4 members (excludes halogenated alkanes) is 1. The van der Waals surface area contributed by atoms with E-state index in [0.29, 0.717) is 12.1 Å². The Kier molecular flexibility index (Phi) is 11.1. The molecule has 0 bridgehead atoms. The molecule has 0 spiro atoms. The fourth-order valence-electron chi connectivity index (χ4n) is 4.28. The Bertz CT molecular complexity index is 1370. The Morgan fingerprint density at radius 2 is 1.60 bits per heavy atom. The van der Waals surface area contributed by atoms with Crippen LogP contribution >= 0.6 is 0 Å². The number of rotatable bonds is 14. The number of methoxy groups -OCH3 is 1. The van der Waals surface area contributed by atoms with Crippen molar-refractivity contribution in [3.05, 3.63) is 95.8 Å². The first-order chi connectivity index (χ1) is 19.1. The zero-order valence-electron chi connectivity index (χ0n) is 23.0. The summed E-state index contributed by atoms with van der Waals surface area (Å²) < 4.78 is 45.8. The van der Waals surface area contributed by atoms with Gasteiger partial charge < -0.3 is 15.0 Å². The van der Waals surface area contributed by atoms with E-state index in [1.807, 2.05) is 37.3 Å². The lowest BCUT2D eigenvalue weighted by Crippen LogP contribution is -2.53. The van der Waals surface area contributed by atoms with Crippen molar-refractivity contribution < 1.29 is 27.1 Å². The number of anilines is 1. The molecule has 0 aliphatic rings. The molecule has 214 valence electrons. The van der Waals surface area contributed by atoms with E-state index < -0.39 is 34.3 Å². The molecule has 3 aromatic rings. The first kappa shape index (κ1) is 30.6. The minimum atomic E-state index is -3.92. The number of nitrogens with zero attached hydrogens (tertiary/aromatic N) is 2. The summed E-state index contributed by atoms with van der Waals surface area (Å²) >= 11 is 0. The maximum absolute atomic E-state index is 14.0. The van der Waals surface area contributed by atoms with Crippen LogP contribution in [0.1, 0.15) is 30.9 Å². The van der Waals surface area contributed by atoms with Gasteiger partial charge in [-0.3, -0.25) is 13.9 Å². The Morgan fingerprint density at radius 3 is 2.23 bits per heavy atom. The largest absolute Gasteiger partial charge is 0.495 e. The molecule has 0 aliphatic heterocycles. The highest BCUT2D eigenvalue weighted by Gasteiger charge is 2.33. The molecular weight excluding hydrogens is 533 g/mol. The molecule has 1 atom stereocenters. The summed E-state index contributed by atoms with van der Waals surface area (Å²) in [7, 11) is -2.51. The number of halogens is 1. The van der Waals surface area contributed by atoms with E-state index in [0.717, 1.165) is 29.0 Å². The SMILES string of the molecule is CCCCNC(=O)[C@@H](Cc1ccccc1)N(Cc1ccc(F)cc1)C(=O)CN(c1ccccc1OC)S(C)(=O)=O. The predicted octanol–water partition coefficient (Wildman–Crippen LogP) is 4.16. The van der Waals surface area contributed by atoms with Gasteiger partial charge in [-0.1, -0.05) is 67.9 Å². The Hall–Kier alpha value is -3.92. The third-order valence-electron chi connectivity index (χ3n) is 6.40. The molecular formula is C30H36FN3O5S. The highest BCUT2D eigenvalue weighted by atomic mass is 32.2. The van der Waals surface area contributed by atoms with Crippen LogP contribution in [0.15, 0.2) is 78.9 Å². The van der Waals surface area contributed by atoms with Gasteiger partial charge in [0.1, 0.15) is 24.2 Å². The van der Waals surface area contributed by atoms with Crippen LogP contribution in [0.2, 0.25) is 0 Å². The lowest BCUT2D eigenvalue weighted by molar-refractivity contribution is -0.140. The van der Waals surface area contributed by atoms with E-state index in [1.165, 1.54) is 24.1 Å². The van der Waals surface area contributed by atoms with Crippen molar-refractivity contribution in [1.82, 2.24) is 10.2 Å². The average molecular weight is 570 g/mol. The van der Waals surface area contributed by atoms with Gasteiger partial charge in [-0.2, -0.15) is 0 Å². The fraction of sp³-hybridized carbons (Fsp3) is 0.333. The minimum Gasteiger partial charge on any atom is -0.495 e. The first-order valence-corrected chi connectivity index (χ1v) is 14.9. The smallest absolute Gasteiger partial charge is 0.244 e. The maximum atomic E-state index is 14.0. The molecule has 0 saturated carbocycles. The van der Waals surface area contributed by atoms with Crippen molar-refractivity contribution in [3.8, 4) is 5.75 Å². The van der Waals surface area contributed by atoms with Crippen LogP contribution in [-0.4, -0.2) is 57.6 Å². The van der Waals surface area contributed by atoms with E-state index in [9.17, 15) is 22.4 Å². The zero-order chi connectivity index (χ0) is 29.1. The summed E-state index contributed by atoms with van der Waals surface area (Å²) in [6.07, 6.45) is 2.87. The maximum Gasteiger partial charge on any atom is 0.244 e. The van der Waals surface area contributed by atoms with Crippen LogP contribution in [0.3, 0.4) is 0 Å². The molecule has 2 amide bonds. The third-order valence-corrected chi connectivity index (χ3v) is 7.53. The van der Waals surface area contributed by atoms with E-state index >= 15 is 0 Å².